The minimum atomic E-state index is -3.49. The van der Waals surface area contributed by atoms with Gasteiger partial charge in [-0.05, 0) is 56.4 Å². The largest absolute Gasteiger partial charge is 0.490 e. The molecule has 1 fully saturated rings. The van der Waals surface area contributed by atoms with Gasteiger partial charge in [-0.1, -0.05) is 0 Å². The molecule has 3 N–H and O–H groups in total. The van der Waals surface area contributed by atoms with E-state index in [0.29, 0.717) is 19.6 Å². The molecule has 0 aliphatic heterocycles. The Labute approximate surface area is 125 Å². The van der Waals surface area contributed by atoms with Crippen molar-refractivity contribution in [1.29, 1.82) is 0 Å². The van der Waals surface area contributed by atoms with Crippen molar-refractivity contribution in [2.24, 2.45) is 5.90 Å². The lowest BCUT2D eigenvalue weighted by Gasteiger charge is -2.13. The highest BCUT2D eigenvalue weighted by molar-refractivity contribution is 7.89. The van der Waals surface area contributed by atoms with Gasteiger partial charge in [0, 0.05) is 6.54 Å². The average Bonchev–Trinajstić information content (AvgIpc) is 2.97. The van der Waals surface area contributed by atoms with Crippen LogP contribution in [0.2, 0.25) is 0 Å². The zero-order valence-corrected chi connectivity index (χ0v) is 12.8. The van der Waals surface area contributed by atoms with Crippen LogP contribution in [0.15, 0.2) is 29.2 Å². The van der Waals surface area contributed by atoms with Crippen LogP contribution in [0, 0.1) is 0 Å². The molecule has 0 bridgehead atoms. The van der Waals surface area contributed by atoms with E-state index in [2.05, 4.69) is 9.56 Å². The van der Waals surface area contributed by atoms with Gasteiger partial charge in [0.05, 0.1) is 17.6 Å². The second-order valence-corrected chi connectivity index (χ2v) is 6.88. The molecule has 0 radical (unpaired) electrons. The van der Waals surface area contributed by atoms with Crippen molar-refractivity contribution >= 4 is 10.0 Å². The van der Waals surface area contributed by atoms with Gasteiger partial charge in [-0.2, -0.15) is 0 Å². The fraction of sp³-hybridized carbons (Fsp3) is 0.571. The van der Waals surface area contributed by atoms with E-state index < -0.39 is 10.0 Å². The van der Waals surface area contributed by atoms with Gasteiger partial charge in [-0.25, -0.2) is 19.0 Å². The Morgan fingerprint density at radius 2 is 1.86 bits per heavy atom. The van der Waals surface area contributed by atoms with Gasteiger partial charge >= 0.3 is 0 Å². The highest BCUT2D eigenvalue weighted by atomic mass is 32.2. The van der Waals surface area contributed by atoms with Gasteiger partial charge in [-0.3, -0.25) is 0 Å². The van der Waals surface area contributed by atoms with E-state index in [9.17, 15) is 8.42 Å². The Bertz CT molecular complexity index is 524. The Morgan fingerprint density at radius 1 is 1.19 bits per heavy atom. The number of hydrogen-bond donors (Lipinski definition) is 2. The molecule has 1 aromatic rings. The molecule has 6 nitrogen and oxygen atoms in total. The lowest BCUT2D eigenvalue weighted by Crippen LogP contribution is -2.25. The predicted molar refractivity (Wildman–Crippen MR) is 79.3 cm³/mol. The molecule has 0 unspecified atom stereocenters. The van der Waals surface area contributed by atoms with Gasteiger partial charge in [-0.15, -0.1) is 0 Å². The van der Waals surface area contributed by atoms with Crippen molar-refractivity contribution in [1.82, 2.24) is 4.72 Å². The molecule has 0 saturated heterocycles. The van der Waals surface area contributed by atoms with Gasteiger partial charge in [0.1, 0.15) is 5.75 Å². The first-order chi connectivity index (χ1) is 10.1. The summed E-state index contributed by atoms with van der Waals surface area (Å²) in [7, 11) is -3.49. The third-order valence-corrected chi connectivity index (χ3v) is 4.95. The lowest BCUT2D eigenvalue weighted by molar-refractivity contribution is 0.136. The topological polar surface area (TPSA) is 90.6 Å². The third kappa shape index (κ3) is 4.96. The van der Waals surface area contributed by atoms with Crippen LogP contribution in [-0.4, -0.2) is 27.7 Å². The fourth-order valence-corrected chi connectivity index (χ4v) is 3.42. The summed E-state index contributed by atoms with van der Waals surface area (Å²) < 4.78 is 32.4. The second kappa shape index (κ2) is 7.74. The minimum Gasteiger partial charge on any atom is -0.490 e. The van der Waals surface area contributed by atoms with Crippen molar-refractivity contribution in [2.75, 3.05) is 13.2 Å². The molecule has 1 aliphatic rings. The first kappa shape index (κ1) is 16.2. The summed E-state index contributed by atoms with van der Waals surface area (Å²) in [5.74, 6) is 5.60. The van der Waals surface area contributed by atoms with Gasteiger partial charge in [0.15, 0.2) is 0 Å². The molecule has 1 aromatic carbocycles. The number of nitrogens with one attached hydrogen (secondary N) is 1. The second-order valence-electron chi connectivity index (χ2n) is 5.12. The van der Waals surface area contributed by atoms with Crippen molar-refractivity contribution < 1.29 is 18.0 Å². The smallest absolute Gasteiger partial charge is 0.240 e. The fourth-order valence-electron chi connectivity index (χ4n) is 2.34. The van der Waals surface area contributed by atoms with Crippen LogP contribution >= 0.6 is 0 Å². The maximum absolute atomic E-state index is 12.0. The molecule has 0 atom stereocenters. The standard InChI is InChI=1S/C14H22N2O4S/c15-19-11-3-10-16-21(17,18)14-8-6-13(7-9-14)20-12-4-1-2-5-12/h6-9,12,16H,1-5,10-11,15H2. The average molecular weight is 314 g/mol. The maximum Gasteiger partial charge on any atom is 0.240 e. The molecule has 0 spiro atoms. The number of sulfonamides is 1. The normalized spacial score (nSPS) is 16.2. The van der Waals surface area contributed by atoms with Crippen LogP contribution in [0.3, 0.4) is 0 Å². The summed E-state index contributed by atoms with van der Waals surface area (Å²) >= 11 is 0. The molecular weight excluding hydrogens is 292 g/mol. The summed E-state index contributed by atoms with van der Waals surface area (Å²) in [6.45, 7) is 0.608. The number of ether oxygens (including phenoxy) is 1. The van der Waals surface area contributed by atoms with Crippen molar-refractivity contribution in [3.63, 3.8) is 0 Å². The van der Waals surface area contributed by atoms with Gasteiger partial charge < -0.3 is 9.57 Å². The zero-order valence-electron chi connectivity index (χ0n) is 12.0. The van der Waals surface area contributed by atoms with E-state index in [-0.39, 0.29) is 11.0 Å². The Morgan fingerprint density at radius 3 is 2.48 bits per heavy atom. The summed E-state index contributed by atoms with van der Waals surface area (Å²) in [6.07, 6.45) is 5.34. The molecule has 1 saturated carbocycles. The molecule has 0 amide bonds. The maximum atomic E-state index is 12.0. The lowest BCUT2D eigenvalue weighted by atomic mass is 10.3. The third-order valence-electron chi connectivity index (χ3n) is 3.47. The van der Waals surface area contributed by atoms with E-state index >= 15 is 0 Å². The monoisotopic (exact) mass is 314 g/mol. The van der Waals surface area contributed by atoms with Gasteiger partial charge in [0.2, 0.25) is 10.0 Å². The number of nitrogens with two attached hydrogens (primary N) is 1. The molecule has 7 heteroatoms. The van der Waals surface area contributed by atoms with Crippen molar-refractivity contribution in [3.8, 4) is 5.75 Å². The Balaban J connectivity index is 1.90. The van der Waals surface area contributed by atoms with Gasteiger partial charge in [0.25, 0.3) is 0 Å². The summed E-state index contributed by atoms with van der Waals surface area (Å²) in [4.78, 5) is 4.62. The van der Waals surface area contributed by atoms with Crippen molar-refractivity contribution in [3.05, 3.63) is 24.3 Å². The first-order valence-electron chi connectivity index (χ1n) is 7.20. The molecule has 0 heterocycles. The molecule has 21 heavy (non-hydrogen) atoms. The van der Waals surface area contributed by atoms with Crippen LogP contribution in [0.4, 0.5) is 0 Å². The first-order valence-corrected chi connectivity index (χ1v) is 8.68. The number of benzene rings is 1. The van der Waals surface area contributed by atoms with E-state index in [1.807, 2.05) is 0 Å². The van der Waals surface area contributed by atoms with E-state index in [0.717, 1.165) is 18.6 Å². The van der Waals surface area contributed by atoms with Crippen LogP contribution in [0.1, 0.15) is 32.1 Å². The molecular formula is C14H22N2O4S. The summed E-state index contributed by atoms with van der Waals surface area (Å²) in [5.41, 5.74) is 0. The number of rotatable bonds is 8. The Hall–Kier alpha value is -1.15. The van der Waals surface area contributed by atoms with Crippen LogP contribution in [0.25, 0.3) is 0 Å². The van der Waals surface area contributed by atoms with Crippen molar-refractivity contribution in [2.45, 2.75) is 43.1 Å². The molecule has 0 aromatic heterocycles. The van der Waals surface area contributed by atoms with E-state index in [1.165, 1.54) is 12.8 Å². The summed E-state index contributed by atoms with van der Waals surface area (Å²) in [6, 6.07) is 6.53. The number of hydrogen-bond acceptors (Lipinski definition) is 5. The van der Waals surface area contributed by atoms with Crippen LogP contribution < -0.4 is 15.4 Å². The van der Waals surface area contributed by atoms with Crippen LogP contribution in [-0.2, 0) is 14.9 Å². The minimum absolute atomic E-state index is 0.231. The predicted octanol–water partition coefficient (Wildman–Crippen LogP) is 1.57. The molecule has 118 valence electrons. The van der Waals surface area contributed by atoms with Crippen LogP contribution in [0.5, 0.6) is 5.75 Å². The van der Waals surface area contributed by atoms with E-state index in [4.69, 9.17) is 10.6 Å². The quantitative estimate of drug-likeness (QED) is 0.561. The molecule has 2 rings (SSSR count). The highest BCUT2D eigenvalue weighted by Crippen LogP contribution is 2.24. The summed E-state index contributed by atoms with van der Waals surface area (Å²) in [5, 5.41) is 0. The Kier molecular flexibility index (Phi) is 5.98. The zero-order chi connectivity index (χ0) is 15.1. The highest BCUT2D eigenvalue weighted by Gasteiger charge is 2.17. The SMILES string of the molecule is NOCCCNS(=O)(=O)c1ccc(OC2CCCC2)cc1. The molecule has 1 aliphatic carbocycles. The van der Waals surface area contributed by atoms with E-state index in [1.54, 1.807) is 24.3 Å².